The summed E-state index contributed by atoms with van der Waals surface area (Å²) in [6.07, 6.45) is 2.42. The Morgan fingerprint density at radius 2 is 1.62 bits per heavy atom. The largest absolute Gasteiger partial charge is 0.489 e. The molecule has 1 N–H and O–H groups in total. The maximum atomic E-state index is 6.26. The number of benzene rings is 2. The first-order valence-electron chi connectivity index (χ1n) is 9.94. The Morgan fingerprint density at radius 3 is 2.35 bits per heavy atom. The first-order valence-corrected chi connectivity index (χ1v) is 9.94. The minimum atomic E-state index is 0.437. The number of para-hydroxylation sites is 1. The molecular formula is C23H32N2O. The normalized spacial score (nSPS) is 16.6. The van der Waals surface area contributed by atoms with E-state index >= 15 is 0 Å². The summed E-state index contributed by atoms with van der Waals surface area (Å²) in [6, 6.07) is 19.5. The number of rotatable bonds is 8. The Morgan fingerprint density at radius 1 is 0.923 bits per heavy atom. The molecule has 0 aromatic heterocycles. The molecule has 0 aliphatic carbocycles. The van der Waals surface area contributed by atoms with E-state index in [0.717, 1.165) is 37.8 Å². The SMILES string of the molecule is CC(C)CC[C@@H](c1ccccc1OCc1ccccc1)N1CCNCC1. The fourth-order valence-electron chi connectivity index (χ4n) is 3.64. The molecule has 1 heterocycles. The molecule has 0 amide bonds. The molecule has 0 bridgehead atoms. The monoisotopic (exact) mass is 352 g/mol. The van der Waals surface area contributed by atoms with Crippen LogP contribution in [0.3, 0.4) is 0 Å². The standard InChI is InChI=1S/C23H32N2O/c1-19(2)12-13-22(25-16-14-24-15-17-25)21-10-6-7-11-23(21)26-18-20-8-4-3-5-9-20/h3-11,19,22,24H,12-18H2,1-2H3/t22-/m0/s1. The van der Waals surface area contributed by atoms with Crippen LogP contribution in [0.2, 0.25) is 0 Å². The van der Waals surface area contributed by atoms with Crippen LogP contribution in [0.15, 0.2) is 54.6 Å². The fourth-order valence-corrected chi connectivity index (χ4v) is 3.64. The lowest BCUT2D eigenvalue weighted by Crippen LogP contribution is -2.45. The van der Waals surface area contributed by atoms with Crippen molar-refractivity contribution >= 4 is 0 Å². The van der Waals surface area contributed by atoms with Gasteiger partial charge < -0.3 is 10.1 Å². The Hall–Kier alpha value is -1.84. The summed E-state index contributed by atoms with van der Waals surface area (Å²) < 4.78 is 6.26. The van der Waals surface area contributed by atoms with Crippen molar-refractivity contribution in [2.24, 2.45) is 5.92 Å². The van der Waals surface area contributed by atoms with Crippen molar-refractivity contribution in [1.82, 2.24) is 10.2 Å². The molecule has 3 heteroatoms. The van der Waals surface area contributed by atoms with Crippen LogP contribution in [0.1, 0.15) is 43.9 Å². The van der Waals surface area contributed by atoms with Crippen LogP contribution in [-0.4, -0.2) is 31.1 Å². The van der Waals surface area contributed by atoms with Gasteiger partial charge in [0.05, 0.1) is 0 Å². The highest BCUT2D eigenvalue weighted by atomic mass is 16.5. The zero-order chi connectivity index (χ0) is 18.2. The minimum absolute atomic E-state index is 0.437. The molecule has 0 radical (unpaired) electrons. The summed E-state index contributed by atoms with van der Waals surface area (Å²) in [4.78, 5) is 2.63. The molecule has 3 nitrogen and oxygen atoms in total. The van der Waals surface area contributed by atoms with Crippen molar-refractivity contribution in [2.45, 2.75) is 39.3 Å². The van der Waals surface area contributed by atoms with E-state index in [1.807, 2.05) is 6.07 Å². The maximum Gasteiger partial charge on any atom is 0.124 e. The van der Waals surface area contributed by atoms with Gasteiger partial charge in [0.15, 0.2) is 0 Å². The Labute approximate surface area is 158 Å². The first-order chi connectivity index (χ1) is 12.7. The number of hydrogen-bond acceptors (Lipinski definition) is 3. The summed E-state index contributed by atoms with van der Waals surface area (Å²) in [7, 11) is 0. The zero-order valence-corrected chi connectivity index (χ0v) is 16.2. The van der Waals surface area contributed by atoms with Gasteiger partial charge in [0.2, 0.25) is 0 Å². The van der Waals surface area contributed by atoms with E-state index in [9.17, 15) is 0 Å². The summed E-state index contributed by atoms with van der Waals surface area (Å²) in [5.74, 6) is 1.75. The fraction of sp³-hybridized carbons (Fsp3) is 0.478. The molecule has 0 spiro atoms. The second-order valence-electron chi connectivity index (χ2n) is 7.59. The van der Waals surface area contributed by atoms with Crippen LogP contribution in [-0.2, 0) is 6.61 Å². The van der Waals surface area contributed by atoms with Gasteiger partial charge in [0.25, 0.3) is 0 Å². The first kappa shape index (κ1) is 18.9. The molecule has 1 aliphatic heterocycles. The predicted molar refractivity (Wildman–Crippen MR) is 108 cm³/mol. The van der Waals surface area contributed by atoms with Crippen molar-refractivity contribution in [3.8, 4) is 5.75 Å². The minimum Gasteiger partial charge on any atom is -0.489 e. The van der Waals surface area contributed by atoms with E-state index in [1.165, 1.54) is 24.0 Å². The lowest BCUT2D eigenvalue weighted by molar-refractivity contribution is 0.155. The lowest BCUT2D eigenvalue weighted by atomic mass is 9.95. The number of hydrogen-bond donors (Lipinski definition) is 1. The Bertz CT molecular complexity index is 650. The summed E-state index contributed by atoms with van der Waals surface area (Å²) in [6.45, 7) is 9.61. The van der Waals surface area contributed by atoms with Gasteiger partial charge >= 0.3 is 0 Å². The average molecular weight is 353 g/mol. The quantitative estimate of drug-likeness (QED) is 0.748. The lowest BCUT2D eigenvalue weighted by Gasteiger charge is -2.36. The van der Waals surface area contributed by atoms with E-state index < -0.39 is 0 Å². The van der Waals surface area contributed by atoms with Crippen LogP contribution in [0.4, 0.5) is 0 Å². The second kappa shape index (κ2) is 9.75. The highest BCUT2D eigenvalue weighted by Gasteiger charge is 2.24. The van der Waals surface area contributed by atoms with E-state index in [0.29, 0.717) is 12.6 Å². The molecule has 0 saturated carbocycles. The molecule has 1 fully saturated rings. The smallest absolute Gasteiger partial charge is 0.124 e. The van der Waals surface area contributed by atoms with Crippen molar-refractivity contribution in [3.63, 3.8) is 0 Å². The average Bonchev–Trinajstić information content (AvgIpc) is 2.69. The molecule has 1 saturated heterocycles. The van der Waals surface area contributed by atoms with Crippen molar-refractivity contribution in [2.75, 3.05) is 26.2 Å². The molecular weight excluding hydrogens is 320 g/mol. The highest BCUT2D eigenvalue weighted by Crippen LogP contribution is 2.34. The van der Waals surface area contributed by atoms with Gasteiger partial charge in [0, 0.05) is 37.8 Å². The van der Waals surface area contributed by atoms with Crippen LogP contribution < -0.4 is 10.1 Å². The molecule has 3 rings (SSSR count). The Kier molecular flexibility index (Phi) is 7.10. The van der Waals surface area contributed by atoms with Gasteiger partial charge in [-0.2, -0.15) is 0 Å². The molecule has 0 unspecified atom stereocenters. The second-order valence-corrected chi connectivity index (χ2v) is 7.59. The Balaban J connectivity index is 1.78. The maximum absolute atomic E-state index is 6.26. The summed E-state index contributed by atoms with van der Waals surface area (Å²) in [5.41, 5.74) is 2.55. The number of nitrogens with one attached hydrogen (secondary N) is 1. The number of nitrogens with zero attached hydrogens (tertiary/aromatic N) is 1. The third kappa shape index (κ3) is 5.33. The third-order valence-corrected chi connectivity index (χ3v) is 5.12. The summed E-state index contributed by atoms with van der Waals surface area (Å²) in [5, 5.41) is 3.47. The van der Waals surface area contributed by atoms with E-state index in [-0.39, 0.29) is 0 Å². The van der Waals surface area contributed by atoms with Gasteiger partial charge in [-0.25, -0.2) is 0 Å². The number of piperazine rings is 1. The molecule has 26 heavy (non-hydrogen) atoms. The van der Waals surface area contributed by atoms with Crippen LogP contribution in [0, 0.1) is 5.92 Å². The predicted octanol–water partition coefficient (Wildman–Crippen LogP) is 4.65. The van der Waals surface area contributed by atoms with E-state index in [2.05, 4.69) is 72.6 Å². The molecule has 2 aromatic carbocycles. The zero-order valence-electron chi connectivity index (χ0n) is 16.2. The van der Waals surface area contributed by atoms with Crippen LogP contribution >= 0.6 is 0 Å². The highest BCUT2D eigenvalue weighted by molar-refractivity contribution is 5.36. The van der Waals surface area contributed by atoms with Crippen LogP contribution in [0.5, 0.6) is 5.75 Å². The van der Waals surface area contributed by atoms with Crippen molar-refractivity contribution in [1.29, 1.82) is 0 Å². The van der Waals surface area contributed by atoms with Gasteiger partial charge in [0.1, 0.15) is 12.4 Å². The van der Waals surface area contributed by atoms with E-state index in [1.54, 1.807) is 0 Å². The molecule has 1 aliphatic rings. The molecule has 140 valence electrons. The van der Waals surface area contributed by atoms with Crippen LogP contribution in [0.25, 0.3) is 0 Å². The van der Waals surface area contributed by atoms with Gasteiger partial charge in [-0.05, 0) is 30.4 Å². The van der Waals surface area contributed by atoms with Gasteiger partial charge in [-0.15, -0.1) is 0 Å². The van der Waals surface area contributed by atoms with Gasteiger partial charge in [-0.1, -0.05) is 62.4 Å². The van der Waals surface area contributed by atoms with Crippen molar-refractivity contribution in [3.05, 3.63) is 65.7 Å². The van der Waals surface area contributed by atoms with Gasteiger partial charge in [-0.3, -0.25) is 4.90 Å². The molecule has 1 atom stereocenters. The third-order valence-electron chi connectivity index (χ3n) is 5.12. The topological polar surface area (TPSA) is 24.5 Å². The summed E-state index contributed by atoms with van der Waals surface area (Å²) >= 11 is 0. The number of ether oxygens (including phenoxy) is 1. The molecule has 2 aromatic rings. The van der Waals surface area contributed by atoms with Crippen molar-refractivity contribution < 1.29 is 4.74 Å². The van der Waals surface area contributed by atoms with E-state index in [4.69, 9.17) is 4.74 Å².